The fourth-order valence-corrected chi connectivity index (χ4v) is 3.47. The topological polar surface area (TPSA) is 41.1 Å². The Morgan fingerprint density at radius 2 is 2.05 bits per heavy atom. The first kappa shape index (κ1) is 14.8. The van der Waals surface area contributed by atoms with Gasteiger partial charge in [-0.1, -0.05) is 32.6 Å². The molecule has 0 aromatic heterocycles. The molecule has 2 aliphatic rings. The Balaban J connectivity index is 1.66. The van der Waals surface area contributed by atoms with Crippen LogP contribution < -0.4 is 10.6 Å². The average molecular weight is 266 g/mol. The average Bonchev–Trinajstić information content (AvgIpc) is 2.42. The monoisotopic (exact) mass is 266 g/mol. The summed E-state index contributed by atoms with van der Waals surface area (Å²) in [6, 6.07) is 0. The Labute approximate surface area is 117 Å². The van der Waals surface area contributed by atoms with Crippen LogP contribution in [0, 0.1) is 17.3 Å². The van der Waals surface area contributed by atoms with Gasteiger partial charge in [-0.3, -0.25) is 4.79 Å². The van der Waals surface area contributed by atoms with Gasteiger partial charge in [0.1, 0.15) is 0 Å². The van der Waals surface area contributed by atoms with Gasteiger partial charge in [-0.2, -0.15) is 0 Å². The van der Waals surface area contributed by atoms with Crippen LogP contribution in [0.1, 0.15) is 58.8 Å². The van der Waals surface area contributed by atoms with E-state index in [-0.39, 0.29) is 11.3 Å². The molecular formula is C16H30N2O. The summed E-state index contributed by atoms with van der Waals surface area (Å²) < 4.78 is 0. The lowest BCUT2D eigenvalue weighted by atomic mass is 9.80. The molecule has 3 heteroatoms. The zero-order chi connectivity index (χ0) is 13.7. The van der Waals surface area contributed by atoms with Crippen LogP contribution in [0.3, 0.4) is 0 Å². The molecule has 2 fully saturated rings. The zero-order valence-corrected chi connectivity index (χ0v) is 12.6. The van der Waals surface area contributed by atoms with Crippen LogP contribution in [0.4, 0.5) is 0 Å². The second kappa shape index (κ2) is 6.74. The van der Waals surface area contributed by atoms with Crippen LogP contribution in [0.2, 0.25) is 0 Å². The number of nitrogens with one attached hydrogen (secondary N) is 2. The normalized spacial score (nSPS) is 35.9. The number of rotatable bonds is 4. The number of carbonyl (C=O) groups is 1. The van der Waals surface area contributed by atoms with Crippen LogP contribution in [0.25, 0.3) is 0 Å². The molecule has 19 heavy (non-hydrogen) atoms. The van der Waals surface area contributed by atoms with Gasteiger partial charge in [0.15, 0.2) is 0 Å². The van der Waals surface area contributed by atoms with Gasteiger partial charge >= 0.3 is 0 Å². The van der Waals surface area contributed by atoms with E-state index in [2.05, 4.69) is 24.5 Å². The molecular weight excluding hydrogens is 236 g/mol. The smallest absolute Gasteiger partial charge is 0.227 e. The van der Waals surface area contributed by atoms with Crippen molar-refractivity contribution in [3.63, 3.8) is 0 Å². The summed E-state index contributed by atoms with van der Waals surface area (Å²) in [6.07, 6.45) is 8.77. The first-order chi connectivity index (χ1) is 9.10. The van der Waals surface area contributed by atoms with E-state index < -0.39 is 0 Å². The number of hydrogen-bond acceptors (Lipinski definition) is 2. The summed E-state index contributed by atoms with van der Waals surface area (Å²) in [5.74, 6) is 2.01. The molecule has 1 unspecified atom stereocenters. The summed E-state index contributed by atoms with van der Waals surface area (Å²) in [4.78, 5) is 12.3. The third-order valence-corrected chi connectivity index (χ3v) is 5.12. The van der Waals surface area contributed by atoms with Gasteiger partial charge in [0.05, 0.1) is 5.41 Å². The van der Waals surface area contributed by atoms with Crippen molar-refractivity contribution >= 4 is 5.91 Å². The quantitative estimate of drug-likeness (QED) is 0.821. The van der Waals surface area contributed by atoms with E-state index in [4.69, 9.17) is 0 Å². The molecule has 3 nitrogen and oxygen atoms in total. The lowest BCUT2D eigenvalue weighted by Crippen LogP contribution is -2.49. The highest BCUT2D eigenvalue weighted by Crippen LogP contribution is 2.30. The molecule has 110 valence electrons. The standard InChI is InChI=1S/C16H30N2O/c1-13-4-6-14(7-5-13)8-11-18-15(19)16(2)9-3-10-17-12-16/h13-14,17H,3-12H2,1-2H3,(H,18,19). The van der Waals surface area contributed by atoms with E-state index in [1.807, 2.05) is 0 Å². The van der Waals surface area contributed by atoms with Gasteiger partial charge in [0.25, 0.3) is 0 Å². The van der Waals surface area contributed by atoms with E-state index in [9.17, 15) is 4.79 Å². The molecule has 1 heterocycles. The lowest BCUT2D eigenvalue weighted by Gasteiger charge is -2.33. The number of hydrogen-bond donors (Lipinski definition) is 2. The van der Waals surface area contributed by atoms with Crippen LogP contribution in [-0.4, -0.2) is 25.5 Å². The summed E-state index contributed by atoms with van der Waals surface area (Å²) in [7, 11) is 0. The van der Waals surface area contributed by atoms with Crippen LogP contribution in [0.15, 0.2) is 0 Å². The van der Waals surface area contributed by atoms with E-state index in [0.29, 0.717) is 0 Å². The molecule has 0 radical (unpaired) electrons. The molecule has 0 aromatic carbocycles. The number of carbonyl (C=O) groups excluding carboxylic acids is 1. The van der Waals surface area contributed by atoms with Gasteiger partial charge in [0.2, 0.25) is 5.91 Å². The minimum Gasteiger partial charge on any atom is -0.356 e. The molecule has 1 saturated heterocycles. The van der Waals surface area contributed by atoms with Crippen LogP contribution >= 0.6 is 0 Å². The number of amides is 1. The summed E-state index contributed by atoms with van der Waals surface area (Å²) in [6.45, 7) is 7.21. The molecule has 0 spiro atoms. The van der Waals surface area contributed by atoms with Crippen LogP contribution in [0.5, 0.6) is 0 Å². The lowest BCUT2D eigenvalue weighted by molar-refractivity contribution is -0.131. The molecule has 2 N–H and O–H groups in total. The highest BCUT2D eigenvalue weighted by atomic mass is 16.2. The van der Waals surface area contributed by atoms with Crippen molar-refractivity contribution in [2.24, 2.45) is 17.3 Å². The third-order valence-electron chi connectivity index (χ3n) is 5.12. The van der Waals surface area contributed by atoms with Crippen molar-refractivity contribution < 1.29 is 4.79 Å². The Hall–Kier alpha value is -0.570. The SMILES string of the molecule is CC1CCC(CCNC(=O)C2(C)CCCNC2)CC1. The predicted molar refractivity (Wildman–Crippen MR) is 79.0 cm³/mol. The van der Waals surface area contributed by atoms with Crippen molar-refractivity contribution in [1.82, 2.24) is 10.6 Å². The second-order valence-electron chi connectivity index (χ2n) is 7.01. The first-order valence-corrected chi connectivity index (χ1v) is 8.09. The Morgan fingerprint density at radius 3 is 2.68 bits per heavy atom. The molecule has 2 rings (SSSR count). The fraction of sp³-hybridized carbons (Fsp3) is 0.938. The summed E-state index contributed by atoms with van der Waals surface area (Å²) in [5, 5.41) is 6.51. The maximum Gasteiger partial charge on any atom is 0.227 e. The van der Waals surface area contributed by atoms with E-state index in [1.165, 1.54) is 32.1 Å². The van der Waals surface area contributed by atoms with E-state index in [0.717, 1.165) is 44.3 Å². The van der Waals surface area contributed by atoms with Gasteiger partial charge in [-0.05, 0) is 44.6 Å². The maximum atomic E-state index is 12.3. The van der Waals surface area contributed by atoms with E-state index in [1.54, 1.807) is 0 Å². The highest BCUT2D eigenvalue weighted by Gasteiger charge is 2.34. The second-order valence-corrected chi connectivity index (χ2v) is 7.01. The third kappa shape index (κ3) is 4.20. The molecule has 0 bridgehead atoms. The molecule has 1 saturated carbocycles. The van der Waals surface area contributed by atoms with Gasteiger partial charge < -0.3 is 10.6 Å². The molecule has 1 aliphatic heterocycles. The van der Waals surface area contributed by atoms with Crippen molar-refractivity contribution in [3.05, 3.63) is 0 Å². The molecule has 0 aromatic rings. The highest BCUT2D eigenvalue weighted by molar-refractivity contribution is 5.82. The Bertz CT molecular complexity index is 289. The minimum absolute atomic E-state index is 0.181. The van der Waals surface area contributed by atoms with Crippen molar-refractivity contribution in [1.29, 1.82) is 0 Å². The van der Waals surface area contributed by atoms with Crippen molar-refractivity contribution in [3.8, 4) is 0 Å². The summed E-state index contributed by atoms with van der Waals surface area (Å²) >= 11 is 0. The largest absolute Gasteiger partial charge is 0.356 e. The predicted octanol–water partition coefficient (Wildman–Crippen LogP) is 2.71. The first-order valence-electron chi connectivity index (χ1n) is 8.09. The van der Waals surface area contributed by atoms with Gasteiger partial charge in [0, 0.05) is 13.1 Å². The zero-order valence-electron chi connectivity index (χ0n) is 12.6. The Morgan fingerprint density at radius 1 is 1.32 bits per heavy atom. The molecule has 1 amide bonds. The Kier molecular flexibility index (Phi) is 5.26. The fourth-order valence-electron chi connectivity index (χ4n) is 3.47. The van der Waals surface area contributed by atoms with Gasteiger partial charge in [-0.15, -0.1) is 0 Å². The molecule has 1 aliphatic carbocycles. The maximum absolute atomic E-state index is 12.3. The minimum atomic E-state index is -0.181. The van der Waals surface area contributed by atoms with Gasteiger partial charge in [-0.25, -0.2) is 0 Å². The van der Waals surface area contributed by atoms with Crippen LogP contribution in [-0.2, 0) is 4.79 Å². The summed E-state index contributed by atoms with van der Waals surface area (Å²) in [5.41, 5.74) is -0.181. The molecule has 1 atom stereocenters. The van der Waals surface area contributed by atoms with Crippen molar-refractivity contribution in [2.75, 3.05) is 19.6 Å². The van der Waals surface area contributed by atoms with E-state index >= 15 is 0 Å². The number of piperidine rings is 1. The van der Waals surface area contributed by atoms with Crippen molar-refractivity contribution in [2.45, 2.75) is 58.8 Å².